The lowest BCUT2D eigenvalue weighted by molar-refractivity contribution is 0.472. The highest BCUT2D eigenvalue weighted by Gasteiger charge is 2.24. The molecule has 1 saturated heterocycles. The summed E-state index contributed by atoms with van der Waals surface area (Å²) < 4.78 is 5.85. The fourth-order valence-electron chi connectivity index (χ4n) is 2.87. The molecule has 0 N–H and O–H groups in total. The van der Waals surface area contributed by atoms with Crippen LogP contribution in [-0.4, -0.2) is 18.1 Å². The number of hydrogen-bond acceptors (Lipinski definition) is 4. The Morgan fingerprint density at radius 1 is 1.10 bits per heavy atom. The average Bonchev–Trinajstić information content (AvgIpc) is 3.17. The number of nitrogens with zero attached hydrogens (tertiary/aromatic N) is 2. The van der Waals surface area contributed by atoms with E-state index in [2.05, 4.69) is 27.4 Å². The van der Waals surface area contributed by atoms with Gasteiger partial charge in [0.2, 0.25) is 0 Å². The van der Waals surface area contributed by atoms with Gasteiger partial charge in [0.1, 0.15) is 5.52 Å². The minimum atomic E-state index is 0.704. The lowest BCUT2D eigenvalue weighted by Crippen LogP contribution is -2.32. The number of rotatable bonds is 2. The van der Waals surface area contributed by atoms with E-state index in [1.54, 1.807) is 0 Å². The van der Waals surface area contributed by atoms with E-state index in [0.717, 1.165) is 30.2 Å². The Morgan fingerprint density at radius 3 is 2.70 bits per heavy atom. The van der Waals surface area contributed by atoms with Gasteiger partial charge in [-0.3, -0.25) is 0 Å². The number of fused-ring (bicyclic) bond motifs is 1. The topological polar surface area (TPSA) is 29.3 Å². The zero-order valence-electron chi connectivity index (χ0n) is 11.2. The second kappa shape index (κ2) is 4.94. The molecule has 1 aliphatic heterocycles. The predicted molar refractivity (Wildman–Crippen MR) is 82.5 cm³/mol. The Balaban J connectivity index is 1.51. The van der Waals surface area contributed by atoms with E-state index < -0.39 is 0 Å². The Morgan fingerprint density at radius 2 is 1.95 bits per heavy atom. The second-order valence-electron chi connectivity index (χ2n) is 5.24. The van der Waals surface area contributed by atoms with Crippen LogP contribution in [0.25, 0.3) is 11.1 Å². The van der Waals surface area contributed by atoms with Crippen molar-refractivity contribution in [1.29, 1.82) is 0 Å². The summed E-state index contributed by atoms with van der Waals surface area (Å²) in [7, 11) is 0. The lowest BCUT2D eigenvalue weighted by Gasteiger charge is -2.30. The summed E-state index contributed by atoms with van der Waals surface area (Å²) in [6, 6.07) is 13.1. The van der Waals surface area contributed by atoms with E-state index in [-0.39, 0.29) is 0 Å². The monoisotopic (exact) mass is 284 g/mol. The number of para-hydroxylation sites is 2. The first-order chi connectivity index (χ1) is 9.90. The number of benzene rings is 1. The van der Waals surface area contributed by atoms with Gasteiger partial charge in [-0.25, -0.2) is 0 Å². The summed E-state index contributed by atoms with van der Waals surface area (Å²) in [5.74, 6) is 0.704. The number of hydrogen-bond donors (Lipinski definition) is 0. The SMILES string of the molecule is c1csc(C2CCN(c3nc4ccccc4o3)CC2)c1. The number of anilines is 1. The van der Waals surface area contributed by atoms with Crippen LogP contribution >= 0.6 is 11.3 Å². The van der Waals surface area contributed by atoms with E-state index in [1.807, 2.05) is 35.6 Å². The third kappa shape index (κ3) is 2.10. The molecule has 0 saturated carbocycles. The quantitative estimate of drug-likeness (QED) is 0.703. The Bertz CT molecular complexity index is 663. The molecule has 4 rings (SSSR count). The van der Waals surface area contributed by atoms with Gasteiger partial charge in [-0.05, 0) is 42.3 Å². The lowest BCUT2D eigenvalue weighted by atomic mass is 9.95. The van der Waals surface area contributed by atoms with Crippen molar-refractivity contribution >= 4 is 28.5 Å². The maximum absolute atomic E-state index is 5.85. The molecular formula is C16H16N2OS. The molecule has 0 unspecified atom stereocenters. The molecule has 0 spiro atoms. The van der Waals surface area contributed by atoms with Crippen molar-refractivity contribution in [1.82, 2.24) is 4.98 Å². The van der Waals surface area contributed by atoms with E-state index in [4.69, 9.17) is 4.42 Å². The first kappa shape index (κ1) is 12.0. The molecule has 3 heterocycles. The maximum atomic E-state index is 5.85. The largest absolute Gasteiger partial charge is 0.423 e. The fourth-order valence-corrected chi connectivity index (χ4v) is 3.77. The molecule has 1 aliphatic rings. The highest BCUT2D eigenvalue weighted by Crippen LogP contribution is 2.33. The molecule has 3 nitrogen and oxygen atoms in total. The summed E-state index contributed by atoms with van der Waals surface area (Å²) in [6.45, 7) is 2.05. The molecule has 0 bridgehead atoms. The zero-order valence-corrected chi connectivity index (χ0v) is 12.0. The molecule has 102 valence electrons. The molecule has 0 radical (unpaired) electrons. The highest BCUT2D eigenvalue weighted by molar-refractivity contribution is 7.10. The van der Waals surface area contributed by atoms with Crippen LogP contribution in [0, 0.1) is 0 Å². The summed E-state index contributed by atoms with van der Waals surface area (Å²) in [5.41, 5.74) is 1.82. The van der Waals surface area contributed by atoms with Crippen LogP contribution in [0.4, 0.5) is 6.01 Å². The molecule has 4 heteroatoms. The van der Waals surface area contributed by atoms with Crippen LogP contribution in [-0.2, 0) is 0 Å². The Kier molecular flexibility index (Phi) is 2.96. The fraction of sp³-hybridized carbons (Fsp3) is 0.312. The van der Waals surface area contributed by atoms with Crippen molar-refractivity contribution in [2.24, 2.45) is 0 Å². The van der Waals surface area contributed by atoms with E-state index in [0.29, 0.717) is 5.92 Å². The first-order valence-corrected chi connectivity index (χ1v) is 7.92. The van der Waals surface area contributed by atoms with Crippen molar-refractivity contribution in [3.63, 3.8) is 0 Å². The molecule has 0 atom stereocenters. The van der Waals surface area contributed by atoms with Gasteiger partial charge in [-0.15, -0.1) is 11.3 Å². The van der Waals surface area contributed by atoms with E-state index in [9.17, 15) is 0 Å². The smallest absolute Gasteiger partial charge is 0.298 e. The minimum absolute atomic E-state index is 0.704. The Labute approximate surface area is 121 Å². The second-order valence-corrected chi connectivity index (χ2v) is 6.22. The van der Waals surface area contributed by atoms with Crippen molar-refractivity contribution < 1.29 is 4.42 Å². The summed E-state index contributed by atoms with van der Waals surface area (Å²) in [5, 5.41) is 2.17. The third-order valence-corrected chi connectivity index (χ3v) is 5.03. The van der Waals surface area contributed by atoms with Crippen LogP contribution < -0.4 is 4.90 Å². The van der Waals surface area contributed by atoms with Gasteiger partial charge in [0.05, 0.1) is 0 Å². The summed E-state index contributed by atoms with van der Waals surface area (Å²) in [6.07, 6.45) is 2.36. The highest BCUT2D eigenvalue weighted by atomic mass is 32.1. The molecule has 20 heavy (non-hydrogen) atoms. The van der Waals surface area contributed by atoms with Crippen molar-refractivity contribution in [3.8, 4) is 0 Å². The molecule has 2 aromatic heterocycles. The van der Waals surface area contributed by atoms with Gasteiger partial charge in [-0.2, -0.15) is 4.98 Å². The van der Waals surface area contributed by atoms with Crippen molar-refractivity contribution in [3.05, 3.63) is 46.7 Å². The molecule has 1 fully saturated rings. The van der Waals surface area contributed by atoms with Gasteiger partial charge < -0.3 is 9.32 Å². The van der Waals surface area contributed by atoms with Crippen LogP contribution in [0.2, 0.25) is 0 Å². The van der Waals surface area contributed by atoms with Gasteiger partial charge in [-0.1, -0.05) is 18.2 Å². The normalized spacial score (nSPS) is 16.9. The van der Waals surface area contributed by atoms with E-state index in [1.165, 1.54) is 17.7 Å². The molecule has 1 aromatic carbocycles. The van der Waals surface area contributed by atoms with Crippen molar-refractivity contribution in [2.75, 3.05) is 18.0 Å². The van der Waals surface area contributed by atoms with Crippen molar-refractivity contribution in [2.45, 2.75) is 18.8 Å². The van der Waals surface area contributed by atoms with Gasteiger partial charge in [0.15, 0.2) is 5.58 Å². The summed E-state index contributed by atoms with van der Waals surface area (Å²) in [4.78, 5) is 8.37. The average molecular weight is 284 g/mol. The predicted octanol–water partition coefficient (Wildman–Crippen LogP) is 4.27. The Hall–Kier alpha value is -1.81. The van der Waals surface area contributed by atoms with Crippen LogP contribution in [0.1, 0.15) is 23.6 Å². The van der Waals surface area contributed by atoms with Gasteiger partial charge >= 0.3 is 0 Å². The van der Waals surface area contributed by atoms with E-state index >= 15 is 0 Å². The van der Waals surface area contributed by atoms with Crippen LogP contribution in [0.15, 0.2) is 46.2 Å². The molecule has 0 amide bonds. The zero-order chi connectivity index (χ0) is 13.4. The standard InChI is InChI=1S/C16H16N2OS/c1-2-5-14-13(4-1)17-16(19-14)18-9-7-12(8-10-18)15-6-3-11-20-15/h1-6,11-12H,7-10H2. The molecule has 3 aromatic rings. The number of oxazole rings is 1. The maximum Gasteiger partial charge on any atom is 0.298 e. The minimum Gasteiger partial charge on any atom is -0.423 e. The van der Waals surface area contributed by atoms with Crippen LogP contribution in [0.3, 0.4) is 0 Å². The van der Waals surface area contributed by atoms with Crippen LogP contribution in [0.5, 0.6) is 0 Å². The molecule has 0 aliphatic carbocycles. The number of piperidine rings is 1. The first-order valence-electron chi connectivity index (χ1n) is 7.04. The summed E-state index contributed by atoms with van der Waals surface area (Å²) >= 11 is 1.87. The molecular weight excluding hydrogens is 268 g/mol. The van der Waals surface area contributed by atoms with Gasteiger partial charge in [0.25, 0.3) is 6.01 Å². The number of aromatic nitrogens is 1. The number of thiophene rings is 1. The third-order valence-electron chi connectivity index (χ3n) is 3.99. The van der Waals surface area contributed by atoms with Gasteiger partial charge in [0, 0.05) is 18.0 Å².